The number of rotatable bonds is 1. The second kappa shape index (κ2) is 2.66. The van der Waals surface area contributed by atoms with Crippen molar-refractivity contribution in [2.75, 3.05) is 0 Å². The number of hydrogen-bond donors (Lipinski definition) is 3. The van der Waals surface area contributed by atoms with Gasteiger partial charge < -0.3 is 11.5 Å². The minimum atomic E-state index is -1.06. The first-order valence-corrected chi connectivity index (χ1v) is 2.74. The summed E-state index contributed by atoms with van der Waals surface area (Å²) in [7, 11) is 0. The molecule has 10 heavy (non-hydrogen) atoms. The average molecular weight is 145 g/mol. The lowest BCUT2D eigenvalue weighted by molar-refractivity contribution is -0.124. The summed E-state index contributed by atoms with van der Waals surface area (Å²) in [4.78, 5) is 20.8. The van der Waals surface area contributed by atoms with Gasteiger partial charge in [-0.2, -0.15) is 0 Å². The summed E-state index contributed by atoms with van der Waals surface area (Å²) >= 11 is 0. The minimum absolute atomic E-state index is 0.583. The molecule has 0 aromatic carbocycles. The van der Waals surface area contributed by atoms with Gasteiger partial charge in [0.15, 0.2) is 0 Å². The van der Waals surface area contributed by atoms with Gasteiger partial charge in [-0.15, -0.1) is 0 Å². The zero-order valence-corrected chi connectivity index (χ0v) is 5.97. The maximum absolute atomic E-state index is 10.7. The molecule has 0 saturated carbocycles. The van der Waals surface area contributed by atoms with Crippen molar-refractivity contribution >= 4 is 11.9 Å². The third-order valence-corrected chi connectivity index (χ3v) is 0.822. The van der Waals surface area contributed by atoms with Crippen LogP contribution in [0.1, 0.15) is 13.8 Å². The molecule has 5 heteroatoms. The van der Waals surface area contributed by atoms with Gasteiger partial charge in [0.05, 0.1) is 5.54 Å². The summed E-state index contributed by atoms with van der Waals surface area (Å²) in [5.41, 5.74) is 8.91. The van der Waals surface area contributed by atoms with Crippen molar-refractivity contribution in [1.82, 2.24) is 5.32 Å². The van der Waals surface area contributed by atoms with Crippen molar-refractivity contribution in [3.8, 4) is 0 Å². The standard InChI is InChI=1S/C5H11N3O2/c1-5(2,7)3(9)8-4(6)10/h7H2,1-2H3,(H3,6,8,9,10). The molecule has 0 fully saturated rings. The third kappa shape index (κ3) is 3.03. The van der Waals surface area contributed by atoms with E-state index in [4.69, 9.17) is 5.73 Å². The van der Waals surface area contributed by atoms with E-state index in [9.17, 15) is 9.59 Å². The number of imide groups is 1. The number of nitrogens with one attached hydrogen (secondary N) is 1. The fourth-order valence-corrected chi connectivity index (χ4v) is 0.273. The van der Waals surface area contributed by atoms with E-state index in [0.717, 1.165) is 0 Å². The lowest BCUT2D eigenvalue weighted by Gasteiger charge is -2.15. The molecular formula is C5H11N3O2. The molecule has 0 atom stereocenters. The van der Waals surface area contributed by atoms with Crippen molar-refractivity contribution in [2.24, 2.45) is 11.5 Å². The van der Waals surface area contributed by atoms with Crippen molar-refractivity contribution in [3.63, 3.8) is 0 Å². The third-order valence-electron chi connectivity index (χ3n) is 0.822. The summed E-state index contributed by atoms with van der Waals surface area (Å²) < 4.78 is 0. The fourth-order valence-electron chi connectivity index (χ4n) is 0.273. The van der Waals surface area contributed by atoms with Crippen LogP contribution in [0, 0.1) is 0 Å². The van der Waals surface area contributed by atoms with E-state index in [1.165, 1.54) is 13.8 Å². The first-order chi connectivity index (χ1) is 4.34. The van der Waals surface area contributed by atoms with Crippen LogP contribution in [0.25, 0.3) is 0 Å². The smallest absolute Gasteiger partial charge is 0.318 e. The van der Waals surface area contributed by atoms with E-state index in [1.54, 1.807) is 0 Å². The van der Waals surface area contributed by atoms with E-state index in [-0.39, 0.29) is 0 Å². The van der Waals surface area contributed by atoms with Gasteiger partial charge in [0, 0.05) is 0 Å². The van der Waals surface area contributed by atoms with Gasteiger partial charge in [0.25, 0.3) is 0 Å². The van der Waals surface area contributed by atoms with Gasteiger partial charge in [-0.05, 0) is 13.8 Å². The predicted molar refractivity (Wildman–Crippen MR) is 36.0 cm³/mol. The van der Waals surface area contributed by atoms with Gasteiger partial charge in [-0.25, -0.2) is 4.79 Å². The summed E-state index contributed by atoms with van der Waals surface area (Å²) in [6, 6.07) is -0.886. The second-order valence-electron chi connectivity index (χ2n) is 2.54. The highest BCUT2D eigenvalue weighted by Gasteiger charge is 2.22. The van der Waals surface area contributed by atoms with E-state index in [2.05, 4.69) is 5.73 Å². The molecule has 0 radical (unpaired) electrons. The Kier molecular flexibility index (Phi) is 2.36. The molecule has 0 rings (SSSR count). The van der Waals surface area contributed by atoms with Gasteiger partial charge in [-0.3, -0.25) is 10.1 Å². The Labute approximate surface area is 58.8 Å². The molecule has 0 aliphatic carbocycles. The number of primary amides is 1. The Morgan fingerprint density at radius 1 is 1.40 bits per heavy atom. The normalized spacial score (nSPS) is 10.7. The summed E-state index contributed by atoms with van der Waals surface area (Å²) in [5.74, 6) is -0.583. The molecule has 0 aliphatic heterocycles. The van der Waals surface area contributed by atoms with Crippen molar-refractivity contribution in [3.05, 3.63) is 0 Å². The van der Waals surface area contributed by atoms with Crippen LogP contribution < -0.4 is 16.8 Å². The molecule has 0 aromatic rings. The number of amides is 3. The summed E-state index contributed by atoms with van der Waals surface area (Å²) in [6.45, 7) is 2.95. The molecule has 0 aliphatic rings. The number of urea groups is 1. The van der Waals surface area contributed by atoms with Crippen LogP contribution in [0.3, 0.4) is 0 Å². The van der Waals surface area contributed by atoms with E-state index < -0.39 is 17.5 Å². The van der Waals surface area contributed by atoms with E-state index in [0.29, 0.717) is 0 Å². The molecular weight excluding hydrogens is 134 g/mol. The Bertz CT molecular complexity index is 159. The van der Waals surface area contributed by atoms with Crippen LogP contribution in [0.15, 0.2) is 0 Å². The molecule has 0 unspecified atom stereocenters. The molecule has 0 bridgehead atoms. The fraction of sp³-hybridized carbons (Fsp3) is 0.600. The molecule has 0 saturated heterocycles. The van der Waals surface area contributed by atoms with Gasteiger partial charge in [0.2, 0.25) is 5.91 Å². The molecule has 0 heterocycles. The molecule has 58 valence electrons. The SMILES string of the molecule is CC(C)(N)C(=O)NC(N)=O. The molecule has 5 N–H and O–H groups in total. The zero-order chi connectivity index (χ0) is 8.36. The molecule has 3 amide bonds. The highest BCUT2D eigenvalue weighted by Crippen LogP contribution is 1.94. The quantitative estimate of drug-likeness (QED) is 0.437. The van der Waals surface area contributed by atoms with E-state index >= 15 is 0 Å². The second-order valence-corrected chi connectivity index (χ2v) is 2.54. The molecule has 5 nitrogen and oxygen atoms in total. The van der Waals surface area contributed by atoms with Crippen molar-refractivity contribution in [1.29, 1.82) is 0 Å². The maximum Gasteiger partial charge on any atom is 0.318 e. The lowest BCUT2D eigenvalue weighted by Crippen LogP contribution is -2.52. The van der Waals surface area contributed by atoms with Crippen molar-refractivity contribution < 1.29 is 9.59 Å². The van der Waals surface area contributed by atoms with Gasteiger partial charge >= 0.3 is 6.03 Å². The predicted octanol–water partition coefficient (Wildman–Crippen LogP) is -1.08. The highest BCUT2D eigenvalue weighted by atomic mass is 16.2. The van der Waals surface area contributed by atoms with Crippen LogP contribution in [-0.2, 0) is 4.79 Å². The van der Waals surface area contributed by atoms with Gasteiger partial charge in [-0.1, -0.05) is 0 Å². The minimum Gasteiger partial charge on any atom is -0.351 e. The Morgan fingerprint density at radius 2 is 1.80 bits per heavy atom. The van der Waals surface area contributed by atoms with Crippen LogP contribution >= 0.6 is 0 Å². The maximum atomic E-state index is 10.7. The topological polar surface area (TPSA) is 98.2 Å². The zero-order valence-electron chi connectivity index (χ0n) is 5.97. The van der Waals surface area contributed by atoms with Crippen LogP contribution in [0.4, 0.5) is 4.79 Å². The first-order valence-electron chi connectivity index (χ1n) is 2.74. The Morgan fingerprint density at radius 3 is 1.90 bits per heavy atom. The average Bonchev–Trinajstić information content (AvgIpc) is 1.60. The monoisotopic (exact) mass is 145 g/mol. The van der Waals surface area contributed by atoms with Crippen LogP contribution in [-0.4, -0.2) is 17.5 Å². The highest BCUT2D eigenvalue weighted by molar-refractivity contribution is 5.98. The number of carbonyl (C=O) groups is 2. The van der Waals surface area contributed by atoms with Crippen LogP contribution in [0.5, 0.6) is 0 Å². The molecule has 0 spiro atoms. The molecule has 0 aromatic heterocycles. The van der Waals surface area contributed by atoms with Crippen LogP contribution in [0.2, 0.25) is 0 Å². The van der Waals surface area contributed by atoms with Gasteiger partial charge in [0.1, 0.15) is 0 Å². The summed E-state index contributed by atoms with van der Waals surface area (Å²) in [5, 5.41) is 1.86. The number of carbonyl (C=O) groups excluding carboxylic acids is 2. The van der Waals surface area contributed by atoms with E-state index in [1.807, 2.05) is 5.32 Å². The lowest BCUT2D eigenvalue weighted by atomic mass is 10.1. The number of hydrogen-bond acceptors (Lipinski definition) is 3. The summed E-state index contributed by atoms with van der Waals surface area (Å²) in [6.07, 6.45) is 0. The number of nitrogens with two attached hydrogens (primary N) is 2. The first kappa shape index (κ1) is 8.90. The largest absolute Gasteiger partial charge is 0.351 e. The Hall–Kier alpha value is -1.10. The van der Waals surface area contributed by atoms with Crippen molar-refractivity contribution in [2.45, 2.75) is 19.4 Å². The Balaban J connectivity index is 3.99.